The highest BCUT2D eigenvalue weighted by Gasteiger charge is 2.31. The molecule has 0 saturated carbocycles. The number of amides is 2. The summed E-state index contributed by atoms with van der Waals surface area (Å²) in [4.78, 5) is 29.3. The lowest BCUT2D eigenvalue weighted by molar-refractivity contribution is -0.133. The molecule has 2 aliphatic rings. The smallest absolute Gasteiger partial charge is 0.253 e. The predicted octanol–water partition coefficient (Wildman–Crippen LogP) is 5.99. The first-order chi connectivity index (χ1) is 17.4. The number of benzene rings is 2. The van der Waals surface area contributed by atoms with Crippen molar-refractivity contribution >= 4 is 11.8 Å². The summed E-state index contributed by atoms with van der Waals surface area (Å²) >= 11 is 0. The van der Waals surface area contributed by atoms with Gasteiger partial charge in [-0.25, -0.2) is 8.78 Å². The quantitative estimate of drug-likeness (QED) is 0.403. The van der Waals surface area contributed by atoms with Crippen LogP contribution in [0.4, 0.5) is 8.78 Å². The molecule has 1 fully saturated rings. The van der Waals surface area contributed by atoms with Crippen molar-refractivity contribution in [3.63, 3.8) is 0 Å². The fraction of sp³-hybridized carbons (Fsp3) is 0.400. The number of rotatable bonds is 9. The van der Waals surface area contributed by atoms with Gasteiger partial charge in [-0.15, -0.1) is 0 Å². The molecule has 4 nitrogen and oxygen atoms in total. The van der Waals surface area contributed by atoms with Crippen molar-refractivity contribution in [1.29, 1.82) is 0 Å². The third-order valence-electron chi connectivity index (χ3n) is 7.31. The van der Waals surface area contributed by atoms with Gasteiger partial charge < -0.3 is 9.80 Å². The summed E-state index contributed by atoms with van der Waals surface area (Å²) in [6, 6.07) is 12.9. The third kappa shape index (κ3) is 6.48. The Morgan fingerprint density at radius 2 is 1.61 bits per heavy atom. The van der Waals surface area contributed by atoms with Crippen LogP contribution in [0.25, 0.3) is 0 Å². The minimum atomic E-state index is -0.288. The average molecular weight is 493 g/mol. The Morgan fingerprint density at radius 1 is 0.972 bits per heavy atom. The Bertz CT molecular complexity index is 1060. The van der Waals surface area contributed by atoms with E-state index in [1.807, 2.05) is 30.2 Å². The summed E-state index contributed by atoms with van der Waals surface area (Å²) in [7, 11) is 1.83. The standard InChI is InChI=1S/C30H34F2N2O2/c1-33(27-19-20-34(21-27)30(36)24-7-3-2-4-8-24)29(35)10-6-5-9-28(22-11-15-25(31)16-12-22)23-13-17-26(32)18-14-23/h3,7-8,11-18,27-28H,2,4-6,9-10,19-21H2,1H3/t27-/m1/s1. The minimum Gasteiger partial charge on any atom is -0.341 e. The maximum atomic E-state index is 13.4. The summed E-state index contributed by atoms with van der Waals surface area (Å²) < 4.78 is 26.9. The van der Waals surface area contributed by atoms with Gasteiger partial charge in [0.2, 0.25) is 5.91 Å². The Balaban J connectivity index is 1.27. The van der Waals surface area contributed by atoms with Crippen LogP contribution in [0.3, 0.4) is 0 Å². The van der Waals surface area contributed by atoms with Gasteiger partial charge in [0.25, 0.3) is 5.91 Å². The summed E-state index contributed by atoms with van der Waals surface area (Å²) in [5.41, 5.74) is 2.71. The zero-order chi connectivity index (χ0) is 25.5. The predicted molar refractivity (Wildman–Crippen MR) is 137 cm³/mol. The molecule has 4 rings (SSSR count). The SMILES string of the molecule is CN(C(=O)CCCCC(c1ccc(F)cc1)c1ccc(F)cc1)[C@@H]1CCN(C(=O)C2=CCCC=C2)C1. The van der Waals surface area contributed by atoms with Crippen LogP contribution in [0.15, 0.2) is 72.3 Å². The van der Waals surface area contributed by atoms with Crippen molar-refractivity contribution in [3.05, 3.63) is 95.1 Å². The third-order valence-corrected chi connectivity index (χ3v) is 7.31. The van der Waals surface area contributed by atoms with E-state index in [1.54, 1.807) is 29.2 Å². The zero-order valence-electron chi connectivity index (χ0n) is 20.8. The van der Waals surface area contributed by atoms with Gasteiger partial charge in [-0.1, -0.05) is 48.9 Å². The second-order valence-electron chi connectivity index (χ2n) is 9.74. The molecular weight excluding hydrogens is 458 g/mol. The van der Waals surface area contributed by atoms with E-state index in [2.05, 4.69) is 0 Å². The average Bonchev–Trinajstić information content (AvgIpc) is 3.40. The topological polar surface area (TPSA) is 40.6 Å². The number of carbonyl (C=O) groups is 2. The van der Waals surface area contributed by atoms with Crippen LogP contribution >= 0.6 is 0 Å². The zero-order valence-corrected chi connectivity index (χ0v) is 20.8. The van der Waals surface area contributed by atoms with Crippen LogP contribution in [0.1, 0.15) is 62.0 Å². The normalized spacial score (nSPS) is 17.4. The molecule has 0 spiro atoms. The first-order valence-corrected chi connectivity index (χ1v) is 12.8. The summed E-state index contributed by atoms with van der Waals surface area (Å²) in [6.07, 6.45) is 11.4. The second kappa shape index (κ2) is 12.1. The lowest BCUT2D eigenvalue weighted by atomic mass is 9.87. The highest BCUT2D eigenvalue weighted by molar-refractivity contribution is 5.96. The van der Waals surface area contributed by atoms with Gasteiger partial charge in [0.05, 0.1) is 6.04 Å². The minimum absolute atomic E-state index is 0.0107. The summed E-state index contributed by atoms with van der Waals surface area (Å²) in [6.45, 7) is 1.24. The molecule has 0 bridgehead atoms. The molecule has 0 radical (unpaired) electrons. The molecule has 0 unspecified atom stereocenters. The number of likely N-dealkylation sites (tertiary alicyclic amines) is 1. The van der Waals surface area contributed by atoms with Crippen LogP contribution in [-0.4, -0.2) is 47.8 Å². The summed E-state index contributed by atoms with van der Waals surface area (Å²) in [5, 5.41) is 0. The number of hydrogen-bond donors (Lipinski definition) is 0. The van der Waals surface area contributed by atoms with Gasteiger partial charge in [-0.05, 0) is 67.5 Å². The van der Waals surface area contributed by atoms with Gasteiger partial charge >= 0.3 is 0 Å². The van der Waals surface area contributed by atoms with Crippen molar-refractivity contribution in [2.75, 3.05) is 20.1 Å². The Kier molecular flexibility index (Phi) is 8.68. The molecule has 190 valence electrons. The van der Waals surface area contributed by atoms with Gasteiger partial charge in [-0.3, -0.25) is 9.59 Å². The maximum absolute atomic E-state index is 13.4. The van der Waals surface area contributed by atoms with Crippen LogP contribution < -0.4 is 0 Å². The molecule has 36 heavy (non-hydrogen) atoms. The number of nitrogens with zero attached hydrogens (tertiary/aromatic N) is 2. The lowest BCUT2D eigenvalue weighted by Gasteiger charge is -2.25. The number of halogens is 2. The number of carbonyl (C=O) groups excluding carboxylic acids is 2. The van der Waals surface area contributed by atoms with Gasteiger partial charge in [0.1, 0.15) is 11.6 Å². The molecule has 0 N–H and O–H groups in total. The summed E-state index contributed by atoms with van der Waals surface area (Å²) in [5.74, 6) is -0.418. The maximum Gasteiger partial charge on any atom is 0.253 e. The molecule has 1 heterocycles. The molecule has 1 saturated heterocycles. The van der Waals surface area contributed by atoms with E-state index >= 15 is 0 Å². The van der Waals surface area contributed by atoms with Gasteiger partial charge in [-0.2, -0.15) is 0 Å². The first-order valence-electron chi connectivity index (χ1n) is 12.8. The Hall–Kier alpha value is -3.28. The molecular formula is C30H34F2N2O2. The fourth-order valence-electron chi connectivity index (χ4n) is 5.12. The van der Waals surface area contributed by atoms with E-state index < -0.39 is 0 Å². The van der Waals surface area contributed by atoms with Gasteiger partial charge in [0, 0.05) is 38.0 Å². The van der Waals surface area contributed by atoms with E-state index in [9.17, 15) is 18.4 Å². The van der Waals surface area contributed by atoms with E-state index in [0.717, 1.165) is 55.2 Å². The number of likely N-dealkylation sites (N-methyl/N-ethyl adjacent to an activating group) is 1. The monoisotopic (exact) mass is 492 g/mol. The Labute approximate surface area is 212 Å². The molecule has 2 aromatic rings. The fourth-order valence-corrected chi connectivity index (χ4v) is 5.12. The molecule has 1 aliphatic carbocycles. The highest BCUT2D eigenvalue weighted by atomic mass is 19.1. The number of hydrogen-bond acceptors (Lipinski definition) is 2. The molecule has 0 aromatic heterocycles. The van der Waals surface area contributed by atoms with Crippen LogP contribution in [0.2, 0.25) is 0 Å². The van der Waals surface area contributed by atoms with Crippen molar-refractivity contribution in [1.82, 2.24) is 9.80 Å². The van der Waals surface area contributed by atoms with Crippen molar-refractivity contribution in [2.24, 2.45) is 0 Å². The highest BCUT2D eigenvalue weighted by Crippen LogP contribution is 2.30. The van der Waals surface area contributed by atoms with E-state index in [-0.39, 0.29) is 35.4 Å². The van der Waals surface area contributed by atoms with Crippen LogP contribution in [0, 0.1) is 11.6 Å². The van der Waals surface area contributed by atoms with Crippen LogP contribution in [0.5, 0.6) is 0 Å². The van der Waals surface area contributed by atoms with E-state index in [1.165, 1.54) is 24.3 Å². The molecule has 2 amide bonds. The molecule has 1 aliphatic heterocycles. The largest absolute Gasteiger partial charge is 0.341 e. The number of allylic oxidation sites excluding steroid dienone is 2. The Morgan fingerprint density at radius 3 is 2.19 bits per heavy atom. The number of unbranched alkanes of at least 4 members (excludes halogenated alkanes) is 1. The van der Waals surface area contributed by atoms with Gasteiger partial charge in [0.15, 0.2) is 0 Å². The second-order valence-corrected chi connectivity index (χ2v) is 9.74. The van der Waals surface area contributed by atoms with Crippen molar-refractivity contribution in [2.45, 2.75) is 56.9 Å². The van der Waals surface area contributed by atoms with Crippen LogP contribution in [-0.2, 0) is 9.59 Å². The molecule has 6 heteroatoms. The van der Waals surface area contributed by atoms with E-state index in [0.29, 0.717) is 19.5 Å². The first kappa shape index (κ1) is 25.8. The van der Waals surface area contributed by atoms with Crippen molar-refractivity contribution in [3.8, 4) is 0 Å². The van der Waals surface area contributed by atoms with Crippen molar-refractivity contribution < 1.29 is 18.4 Å². The molecule has 1 atom stereocenters. The molecule has 2 aromatic carbocycles. The van der Waals surface area contributed by atoms with E-state index in [4.69, 9.17) is 0 Å². The lowest BCUT2D eigenvalue weighted by Crippen LogP contribution is -2.40.